The molecule has 0 fully saturated rings. The van der Waals surface area contributed by atoms with E-state index in [0.717, 1.165) is 0 Å². The van der Waals surface area contributed by atoms with Crippen molar-refractivity contribution < 1.29 is 35.1 Å². The molecule has 0 aliphatic carbocycles. The van der Waals surface area contributed by atoms with Crippen LogP contribution in [0.1, 0.15) is 11.1 Å². The van der Waals surface area contributed by atoms with Crippen LogP contribution in [0.4, 0.5) is 40.8 Å². The molecule has 0 heterocycles. The molecule has 9 heteroatoms. The third-order valence-corrected chi connectivity index (χ3v) is 3.09. The quantitative estimate of drug-likeness (QED) is 0.424. The molecule has 0 saturated heterocycles. The van der Waals surface area contributed by atoms with Gasteiger partial charge in [0.1, 0.15) is 5.82 Å². The molecule has 0 bridgehead atoms. The highest BCUT2D eigenvalue weighted by atomic mass is 19.4. The van der Waals surface area contributed by atoms with Crippen molar-refractivity contribution in [3.8, 4) is 11.1 Å². The van der Waals surface area contributed by atoms with Gasteiger partial charge < -0.3 is 0 Å². The van der Waals surface area contributed by atoms with Crippen molar-refractivity contribution in [1.82, 2.24) is 0 Å². The van der Waals surface area contributed by atoms with Crippen LogP contribution in [0.15, 0.2) is 30.3 Å². The van der Waals surface area contributed by atoms with E-state index in [1.54, 1.807) is 0 Å². The van der Waals surface area contributed by atoms with E-state index in [1.807, 2.05) is 0 Å². The molecule has 0 N–H and O–H groups in total. The van der Waals surface area contributed by atoms with E-state index in [-0.39, 0.29) is 6.07 Å². The van der Waals surface area contributed by atoms with Gasteiger partial charge in [-0.2, -0.15) is 26.3 Å². The molecular formula is C15H5F8N. The van der Waals surface area contributed by atoms with Crippen LogP contribution in [0.5, 0.6) is 0 Å². The maximum Gasteiger partial charge on any atom is 0.417 e. The van der Waals surface area contributed by atoms with Gasteiger partial charge in [-0.05, 0) is 35.4 Å². The highest BCUT2D eigenvalue weighted by Crippen LogP contribution is 2.42. The highest BCUT2D eigenvalue weighted by Gasteiger charge is 2.38. The molecule has 0 aliphatic heterocycles. The Labute approximate surface area is 130 Å². The Hall–Kier alpha value is -2.63. The summed E-state index contributed by atoms with van der Waals surface area (Å²) in [6.07, 6.45) is -10.2. The molecule has 1 nitrogen and oxygen atoms in total. The molecule has 2 aromatic carbocycles. The average molecular weight is 351 g/mol. The summed E-state index contributed by atoms with van der Waals surface area (Å²) in [5.41, 5.74) is -5.43. The van der Waals surface area contributed by atoms with E-state index in [4.69, 9.17) is 6.57 Å². The van der Waals surface area contributed by atoms with E-state index in [2.05, 4.69) is 4.85 Å². The Kier molecular flexibility index (Phi) is 4.27. The molecule has 24 heavy (non-hydrogen) atoms. The third-order valence-electron chi connectivity index (χ3n) is 3.09. The van der Waals surface area contributed by atoms with Crippen molar-refractivity contribution >= 4 is 5.69 Å². The Bertz CT molecular complexity index is 827. The molecule has 0 aromatic heterocycles. The number of rotatable bonds is 1. The van der Waals surface area contributed by atoms with Crippen molar-refractivity contribution in [2.24, 2.45) is 0 Å². The van der Waals surface area contributed by atoms with E-state index < -0.39 is 51.9 Å². The van der Waals surface area contributed by atoms with Gasteiger partial charge in [0.25, 0.3) is 0 Å². The minimum absolute atomic E-state index is 0.117. The molecule has 2 rings (SSSR count). The summed E-state index contributed by atoms with van der Waals surface area (Å²) >= 11 is 0. The standard InChI is InChI=1S/C15H5F8N/c1-24-12-5-7(4-11(16)13(12)17)9-3-2-8(14(18,19)20)6-10(9)15(21,22)23/h2-6H. The second-order valence-corrected chi connectivity index (χ2v) is 4.66. The molecule has 0 amide bonds. The van der Waals surface area contributed by atoms with Crippen LogP contribution in [0.25, 0.3) is 16.0 Å². The van der Waals surface area contributed by atoms with Crippen molar-refractivity contribution in [2.75, 3.05) is 0 Å². The van der Waals surface area contributed by atoms with Crippen molar-refractivity contribution in [2.45, 2.75) is 12.4 Å². The second-order valence-electron chi connectivity index (χ2n) is 4.66. The molecule has 0 saturated carbocycles. The Balaban J connectivity index is 2.76. The van der Waals surface area contributed by atoms with Gasteiger partial charge in [-0.15, -0.1) is 0 Å². The van der Waals surface area contributed by atoms with E-state index in [1.165, 1.54) is 0 Å². The summed E-state index contributed by atoms with van der Waals surface area (Å²) in [6.45, 7) is 6.68. The van der Waals surface area contributed by atoms with Crippen molar-refractivity contribution in [1.29, 1.82) is 0 Å². The lowest BCUT2D eigenvalue weighted by Gasteiger charge is -2.16. The van der Waals surface area contributed by atoms with Crippen LogP contribution in [0.3, 0.4) is 0 Å². The summed E-state index contributed by atoms with van der Waals surface area (Å²) < 4.78 is 104. The number of halogens is 8. The van der Waals surface area contributed by atoms with Crippen LogP contribution < -0.4 is 0 Å². The predicted molar refractivity (Wildman–Crippen MR) is 68.1 cm³/mol. The van der Waals surface area contributed by atoms with Gasteiger partial charge in [0.15, 0.2) is 5.82 Å². The lowest BCUT2D eigenvalue weighted by Crippen LogP contribution is -2.12. The van der Waals surface area contributed by atoms with Gasteiger partial charge in [0, 0.05) is 0 Å². The lowest BCUT2D eigenvalue weighted by atomic mass is 9.96. The number of alkyl halides is 6. The van der Waals surface area contributed by atoms with Gasteiger partial charge in [-0.25, -0.2) is 13.6 Å². The summed E-state index contributed by atoms with van der Waals surface area (Å²) in [5, 5.41) is 0. The summed E-state index contributed by atoms with van der Waals surface area (Å²) in [6, 6.07) is 1.81. The van der Waals surface area contributed by atoms with Gasteiger partial charge in [0.05, 0.1) is 17.7 Å². The number of benzene rings is 2. The fourth-order valence-corrected chi connectivity index (χ4v) is 2.02. The van der Waals surface area contributed by atoms with Gasteiger partial charge in [-0.3, -0.25) is 0 Å². The first-order valence-corrected chi connectivity index (χ1v) is 6.10. The van der Waals surface area contributed by atoms with Crippen LogP contribution in [-0.4, -0.2) is 0 Å². The molecular weight excluding hydrogens is 346 g/mol. The maximum absolute atomic E-state index is 13.4. The van der Waals surface area contributed by atoms with Crippen LogP contribution in [-0.2, 0) is 12.4 Å². The first-order valence-electron chi connectivity index (χ1n) is 6.10. The zero-order valence-corrected chi connectivity index (χ0v) is 11.4. The molecule has 0 aliphatic rings. The average Bonchev–Trinajstić information content (AvgIpc) is 2.47. The zero-order chi connectivity index (χ0) is 18.3. The molecule has 0 radical (unpaired) electrons. The van der Waals surface area contributed by atoms with Crippen LogP contribution in [0.2, 0.25) is 0 Å². The first-order chi connectivity index (χ1) is 10.9. The predicted octanol–water partition coefficient (Wildman–Crippen LogP) is 6.22. The van der Waals surface area contributed by atoms with E-state index in [9.17, 15) is 35.1 Å². The molecule has 2 aromatic rings. The van der Waals surface area contributed by atoms with E-state index in [0.29, 0.717) is 24.3 Å². The summed E-state index contributed by atoms with van der Waals surface area (Å²) in [5.74, 6) is -3.12. The third kappa shape index (κ3) is 3.32. The fraction of sp³-hybridized carbons (Fsp3) is 0.133. The maximum atomic E-state index is 13.4. The lowest BCUT2D eigenvalue weighted by molar-refractivity contribution is -0.142. The van der Waals surface area contributed by atoms with Crippen LogP contribution >= 0.6 is 0 Å². The summed E-state index contributed by atoms with van der Waals surface area (Å²) in [7, 11) is 0. The largest absolute Gasteiger partial charge is 0.417 e. The molecule has 0 spiro atoms. The topological polar surface area (TPSA) is 4.36 Å². The van der Waals surface area contributed by atoms with Crippen molar-refractivity contribution in [3.05, 3.63) is 64.5 Å². The van der Waals surface area contributed by atoms with Gasteiger partial charge in [0.2, 0.25) is 5.69 Å². The van der Waals surface area contributed by atoms with Gasteiger partial charge in [-0.1, -0.05) is 6.07 Å². The monoisotopic (exact) mass is 351 g/mol. The first kappa shape index (κ1) is 17.7. The minimum atomic E-state index is -5.17. The Morgan fingerprint density at radius 2 is 1.46 bits per heavy atom. The summed E-state index contributed by atoms with van der Waals surface area (Å²) in [4.78, 5) is 2.64. The van der Waals surface area contributed by atoms with Crippen molar-refractivity contribution in [3.63, 3.8) is 0 Å². The number of nitrogens with zero attached hydrogens (tertiary/aromatic N) is 1. The Morgan fingerprint density at radius 3 is 1.96 bits per heavy atom. The molecule has 0 atom stereocenters. The minimum Gasteiger partial charge on any atom is -0.235 e. The molecule has 0 unspecified atom stereocenters. The normalized spacial score (nSPS) is 12.1. The smallest absolute Gasteiger partial charge is 0.235 e. The van der Waals surface area contributed by atoms with E-state index >= 15 is 0 Å². The second kappa shape index (κ2) is 5.78. The SMILES string of the molecule is [C-]#[N+]c1cc(-c2ccc(C(F)(F)F)cc2C(F)(F)F)cc(F)c1F. The molecule has 126 valence electrons. The highest BCUT2D eigenvalue weighted by molar-refractivity contribution is 5.72. The number of hydrogen-bond donors (Lipinski definition) is 0. The number of hydrogen-bond acceptors (Lipinski definition) is 0. The van der Waals surface area contributed by atoms with Crippen LogP contribution in [0, 0.1) is 18.2 Å². The van der Waals surface area contributed by atoms with Gasteiger partial charge >= 0.3 is 12.4 Å². The fourth-order valence-electron chi connectivity index (χ4n) is 2.02. The zero-order valence-electron chi connectivity index (χ0n) is 11.4. The Morgan fingerprint density at radius 1 is 0.833 bits per heavy atom.